The van der Waals surface area contributed by atoms with Crippen molar-refractivity contribution in [3.8, 4) is 0 Å². The quantitative estimate of drug-likeness (QED) is 0.490. The minimum atomic E-state index is 0.209. The Bertz CT molecular complexity index is 490. The molecule has 0 fully saturated rings. The fourth-order valence-corrected chi connectivity index (χ4v) is 2.14. The summed E-state index contributed by atoms with van der Waals surface area (Å²) in [6.07, 6.45) is 6.02. The van der Waals surface area contributed by atoms with Gasteiger partial charge in [-0.05, 0) is 30.4 Å². The van der Waals surface area contributed by atoms with Gasteiger partial charge in [-0.1, -0.05) is 6.08 Å². The number of hydrogen-bond donors (Lipinski definition) is 4. The Morgan fingerprint density at radius 2 is 1.81 bits per heavy atom. The third-order valence-corrected chi connectivity index (χ3v) is 2.94. The Labute approximate surface area is 94.0 Å². The van der Waals surface area contributed by atoms with Crippen LogP contribution in [0, 0.1) is 0 Å². The second kappa shape index (κ2) is 3.20. The van der Waals surface area contributed by atoms with E-state index in [-0.39, 0.29) is 12.1 Å². The molecule has 4 nitrogen and oxygen atoms in total. The molecule has 1 aromatic carbocycles. The smallest absolute Gasteiger partial charge is 0.0705 e. The van der Waals surface area contributed by atoms with E-state index in [2.05, 4.69) is 16.7 Å². The SMILES string of the molecule is NC1=CC2Nc3ccc(N)cc3NC2C=C1. The van der Waals surface area contributed by atoms with Crippen LogP contribution in [0.2, 0.25) is 0 Å². The summed E-state index contributed by atoms with van der Waals surface area (Å²) in [4.78, 5) is 0. The Morgan fingerprint density at radius 1 is 1.00 bits per heavy atom. The summed E-state index contributed by atoms with van der Waals surface area (Å²) in [6, 6.07) is 6.26. The van der Waals surface area contributed by atoms with Gasteiger partial charge in [0.2, 0.25) is 0 Å². The number of nitrogens with two attached hydrogens (primary N) is 2. The maximum Gasteiger partial charge on any atom is 0.0705 e. The summed E-state index contributed by atoms with van der Waals surface area (Å²) >= 11 is 0. The molecule has 0 amide bonds. The van der Waals surface area contributed by atoms with E-state index in [9.17, 15) is 0 Å². The van der Waals surface area contributed by atoms with Gasteiger partial charge in [-0.15, -0.1) is 0 Å². The predicted molar refractivity (Wildman–Crippen MR) is 67.1 cm³/mol. The largest absolute Gasteiger partial charge is 0.399 e. The Morgan fingerprint density at radius 3 is 2.69 bits per heavy atom. The molecule has 2 unspecified atom stereocenters. The fraction of sp³-hybridized carbons (Fsp3) is 0.167. The molecule has 1 heterocycles. The third kappa shape index (κ3) is 1.39. The van der Waals surface area contributed by atoms with Gasteiger partial charge in [0.25, 0.3) is 0 Å². The minimum Gasteiger partial charge on any atom is -0.399 e. The molecule has 82 valence electrons. The number of benzene rings is 1. The Kier molecular flexibility index (Phi) is 1.83. The van der Waals surface area contributed by atoms with Gasteiger partial charge in [0.1, 0.15) is 0 Å². The van der Waals surface area contributed by atoms with Gasteiger partial charge in [0.05, 0.1) is 23.5 Å². The van der Waals surface area contributed by atoms with Gasteiger partial charge >= 0.3 is 0 Å². The monoisotopic (exact) mass is 214 g/mol. The van der Waals surface area contributed by atoms with Crippen molar-refractivity contribution >= 4 is 17.1 Å². The molecule has 0 aromatic heterocycles. The normalized spacial score (nSPS) is 25.9. The van der Waals surface area contributed by atoms with Crippen LogP contribution in [0.25, 0.3) is 0 Å². The summed E-state index contributed by atoms with van der Waals surface area (Å²) in [7, 11) is 0. The maximum atomic E-state index is 5.77. The van der Waals surface area contributed by atoms with Crippen molar-refractivity contribution in [3.05, 3.63) is 42.1 Å². The number of hydrogen-bond acceptors (Lipinski definition) is 4. The summed E-state index contributed by atoms with van der Waals surface area (Å²) in [5.41, 5.74) is 15.2. The molecule has 2 atom stereocenters. The predicted octanol–water partition coefficient (Wildman–Crippen LogP) is 1.26. The van der Waals surface area contributed by atoms with Crippen molar-refractivity contribution in [1.29, 1.82) is 0 Å². The zero-order chi connectivity index (χ0) is 11.1. The first-order valence-electron chi connectivity index (χ1n) is 5.30. The number of allylic oxidation sites excluding steroid dienone is 1. The highest BCUT2D eigenvalue weighted by atomic mass is 15.1. The van der Waals surface area contributed by atoms with Gasteiger partial charge in [-0.3, -0.25) is 0 Å². The lowest BCUT2D eigenvalue weighted by atomic mass is 9.97. The molecule has 2 aliphatic rings. The summed E-state index contributed by atoms with van der Waals surface area (Å²) in [5.74, 6) is 0. The molecule has 1 aliphatic heterocycles. The van der Waals surface area contributed by atoms with Crippen LogP contribution in [-0.4, -0.2) is 12.1 Å². The van der Waals surface area contributed by atoms with E-state index in [0.717, 1.165) is 22.8 Å². The van der Waals surface area contributed by atoms with Crippen LogP contribution >= 0.6 is 0 Å². The molecule has 0 radical (unpaired) electrons. The highest BCUT2D eigenvalue weighted by Crippen LogP contribution is 2.32. The molecule has 3 rings (SSSR count). The molecule has 0 bridgehead atoms. The standard InChI is InChI=1S/C12H14N4/c13-7-1-3-9-11(5-7)16-10-4-2-8(14)6-12(10)15-9/h1-6,9,11,15-16H,13-14H2. The average molecular weight is 214 g/mol. The number of rotatable bonds is 0. The molecule has 0 spiro atoms. The fourth-order valence-electron chi connectivity index (χ4n) is 2.14. The molecular weight excluding hydrogens is 200 g/mol. The van der Waals surface area contributed by atoms with Crippen LogP contribution in [0.5, 0.6) is 0 Å². The van der Waals surface area contributed by atoms with E-state index >= 15 is 0 Å². The summed E-state index contributed by atoms with van der Waals surface area (Å²) in [6.45, 7) is 0. The first-order valence-corrected chi connectivity index (χ1v) is 5.30. The minimum absolute atomic E-state index is 0.209. The topological polar surface area (TPSA) is 76.1 Å². The van der Waals surface area contributed by atoms with Crippen molar-refractivity contribution in [1.82, 2.24) is 0 Å². The van der Waals surface area contributed by atoms with Crippen molar-refractivity contribution in [2.45, 2.75) is 12.1 Å². The van der Waals surface area contributed by atoms with Gasteiger partial charge in [0.15, 0.2) is 0 Å². The van der Waals surface area contributed by atoms with Crippen LogP contribution in [0.4, 0.5) is 17.1 Å². The lowest BCUT2D eigenvalue weighted by molar-refractivity contribution is 0.757. The van der Waals surface area contributed by atoms with E-state index in [1.807, 2.05) is 30.4 Å². The molecule has 0 saturated carbocycles. The zero-order valence-corrected chi connectivity index (χ0v) is 8.77. The molecular formula is C12H14N4. The van der Waals surface area contributed by atoms with Crippen LogP contribution < -0.4 is 22.1 Å². The Balaban J connectivity index is 1.98. The first-order chi connectivity index (χ1) is 7.72. The van der Waals surface area contributed by atoms with Crippen LogP contribution in [-0.2, 0) is 0 Å². The van der Waals surface area contributed by atoms with Crippen molar-refractivity contribution in [3.63, 3.8) is 0 Å². The van der Waals surface area contributed by atoms with Crippen LogP contribution in [0.15, 0.2) is 42.1 Å². The second-order valence-electron chi connectivity index (χ2n) is 4.17. The van der Waals surface area contributed by atoms with Crippen molar-refractivity contribution in [2.24, 2.45) is 5.73 Å². The zero-order valence-electron chi connectivity index (χ0n) is 8.77. The first kappa shape index (κ1) is 9.15. The summed E-state index contributed by atoms with van der Waals surface area (Å²) in [5, 5.41) is 6.86. The van der Waals surface area contributed by atoms with E-state index in [4.69, 9.17) is 11.5 Å². The van der Waals surface area contributed by atoms with E-state index in [1.165, 1.54) is 0 Å². The highest BCUT2D eigenvalue weighted by molar-refractivity contribution is 5.76. The second-order valence-corrected chi connectivity index (χ2v) is 4.17. The van der Waals surface area contributed by atoms with E-state index < -0.39 is 0 Å². The van der Waals surface area contributed by atoms with Crippen LogP contribution in [0.1, 0.15) is 0 Å². The molecule has 1 aliphatic carbocycles. The van der Waals surface area contributed by atoms with Gasteiger partial charge in [-0.25, -0.2) is 0 Å². The molecule has 0 saturated heterocycles. The maximum absolute atomic E-state index is 5.77. The van der Waals surface area contributed by atoms with Crippen LogP contribution in [0.3, 0.4) is 0 Å². The van der Waals surface area contributed by atoms with Crippen molar-refractivity contribution < 1.29 is 0 Å². The number of nitrogens with one attached hydrogen (secondary N) is 2. The van der Waals surface area contributed by atoms with E-state index in [1.54, 1.807) is 0 Å². The lowest BCUT2D eigenvalue weighted by Gasteiger charge is -2.35. The van der Waals surface area contributed by atoms with Gasteiger partial charge in [0, 0.05) is 11.4 Å². The summed E-state index contributed by atoms with van der Waals surface area (Å²) < 4.78 is 0. The molecule has 6 N–H and O–H groups in total. The molecule has 16 heavy (non-hydrogen) atoms. The average Bonchev–Trinajstić information content (AvgIpc) is 2.26. The lowest BCUT2D eigenvalue weighted by Crippen LogP contribution is -2.42. The molecule has 4 heteroatoms. The van der Waals surface area contributed by atoms with E-state index in [0.29, 0.717) is 0 Å². The van der Waals surface area contributed by atoms with Gasteiger partial charge in [-0.2, -0.15) is 0 Å². The Hall–Kier alpha value is -2.10. The number of fused-ring (bicyclic) bond motifs is 2. The number of anilines is 3. The van der Waals surface area contributed by atoms with Crippen molar-refractivity contribution in [2.75, 3.05) is 16.4 Å². The van der Waals surface area contributed by atoms with Gasteiger partial charge < -0.3 is 22.1 Å². The highest BCUT2D eigenvalue weighted by Gasteiger charge is 2.25. The third-order valence-electron chi connectivity index (χ3n) is 2.94. The number of nitrogen functional groups attached to an aromatic ring is 1. The molecule has 1 aromatic rings.